The highest BCUT2D eigenvalue weighted by Crippen LogP contribution is 2.35. The average molecular weight is 407 g/mol. The van der Waals surface area contributed by atoms with E-state index >= 15 is 0 Å². The van der Waals surface area contributed by atoms with E-state index in [1.807, 2.05) is 32.6 Å². The Balaban J connectivity index is 1.90. The van der Waals surface area contributed by atoms with Crippen molar-refractivity contribution in [3.63, 3.8) is 0 Å². The number of hydrogen-bond acceptors (Lipinski definition) is 3. The fraction of sp³-hybridized carbons (Fsp3) is 0.500. The van der Waals surface area contributed by atoms with Crippen LogP contribution in [0.3, 0.4) is 0 Å². The van der Waals surface area contributed by atoms with Crippen LogP contribution in [0.1, 0.15) is 55.1 Å². The van der Waals surface area contributed by atoms with Crippen molar-refractivity contribution >= 4 is 11.6 Å². The van der Waals surface area contributed by atoms with Crippen LogP contribution in [0.15, 0.2) is 35.1 Å². The normalized spacial score (nSPS) is 18.0. The predicted molar refractivity (Wildman–Crippen MR) is 105 cm³/mol. The van der Waals surface area contributed by atoms with Gasteiger partial charge >= 0.3 is 6.18 Å². The summed E-state index contributed by atoms with van der Waals surface area (Å²) >= 11 is 0. The van der Waals surface area contributed by atoms with E-state index in [1.165, 1.54) is 12.5 Å². The quantitative estimate of drug-likeness (QED) is 0.698. The van der Waals surface area contributed by atoms with E-state index in [4.69, 9.17) is 4.42 Å². The van der Waals surface area contributed by atoms with Crippen LogP contribution in [0.5, 0.6) is 0 Å². The molecule has 29 heavy (non-hydrogen) atoms. The first-order valence-corrected chi connectivity index (χ1v) is 9.80. The fourth-order valence-electron chi connectivity index (χ4n) is 3.64. The minimum Gasteiger partial charge on any atom is -0.472 e. The van der Waals surface area contributed by atoms with Crippen LogP contribution in [0.25, 0.3) is 0 Å². The number of rotatable bonds is 4. The summed E-state index contributed by atoms with van der Waals surface area (Å²) in [6, 6.07) is 6.97. The van der Waals surface area contributed by atoms with Gasteiger partial charge in [0.2, 0.25) is 0 Å². The van der Waals surface area contributed by atoms with Crippen molar-refractivity contribution in [2.75, 3.05) is 24.5 Å². The van der Waals surface area contributed by atoms with Gasteiger partial charge in [0.15, 0.2) is 0 Å². The molecular formula is C22H26F3N2O2. The zero-order chi connectivity index (χ0) is 21.3. The molecule has 4 nitrogen and oxygen atoms in total. The summed E-state index contributed by atoms with van der Waals surface area (Å²) in [6.07, 6.45) is -1.57. The third-order valence-electron chi connectivity index (χ3n) is 5.38. The second-order valence-corrected chi connectivity index (χ2v) is 8.13. The molecule has 0 unspecified atom stereocenters. The van der Waals surface area contributed by atoms with Gasteiger partial charge in [0.25, 0.3) is 5.91 Å². The monoisotopic (exact) mass is 407 g/mol. The lowest BCUT2D eigenvalue weighted by molar-refractivity contribution is -0.137. The van der Waals surface area contributed by atoms with E-state index in [2.05, 4.69) is 6.07 Å². The zero-order valence-electron chi connectivity index (χ0n) is 17.1. The Morgan fingerprint density at radius 3 is 2.48 bits per heavy atom. The molecule has 0 N–H and O–H groups in total. The Hall–Kier alpha value is -2.44. The fourth-order valence-corrected chi connectivity index (χ4v) is 3.64. The number of nitrogens with zero attached hydrogens (tertiary/aromatic N) is 2. The van der Waals surface area contributed by atoms with E-state index < -0.39 is 11.7 Å². The highest BCUT2D eigenvalue weighted by molar-refractivity contribution is 5.94. The molecule has 0 saturated carbocycles. The van der Waals surface area contributed by atoms with Gasteiger partial charge < -0.3 is 14.2 Å². The third kappa shape index (κ3) is 4.60. The van der Waals surface area contributed by atoms with Crippen molar-refractivity contribution < 1.29 is 22.4 Å². The molecule has 0 spiro atoms. The van der Waals surface area contributed by atoms with Crippen molar-refractivity contribution in [1.82, 2.24) is 4.90 Å². The molecular weight excluding hydrogens is 381 g/mol. The van der Waals surface area contributed by atoms with Gasteiger partial charge in [-0.1, -0.05) is 27.7 Å². The Labute approximate surface area is 169 Å². The summed E-state index contributed by atoms with van der Waals surface area (Å²) in [6.45, 7) is 9.12. The van der Waals surface area contributed by atoms with Crippen LogP contribution in [-0.2, 0) is 6.18 Å². The lowest BCUT2D eigenvalue weighted by atomic mass is 9.96. The number of benzene rings is 1. The number of hydrogen-bond donors (Lipinski definition) is 0. The van der Waals surface area contributed by atoms with E-state index in [0.717, 1.165) is 6.07 Å². The minimum absolute atomic E-state index is 0.0686. The SMILES string of the molecule is CC(C)c1[c]c(C(F)(F)F)cc(N2CCN(C(=O)c3ccoc3)[C@H](C(C)C)C2)c1. The smallest absolute Gasteiger partial charge is 0.417 e. The molecule has 0 bridgehead atoms. The van der Waals surface area contributed by atoms with Crippen molar-refractivity contribution in [3.8, 4) is 0 Å². The van der Waals surface area contributed by atoms with Gasteiger partial charge in [-0.2, -0.15) is 13.2 Å². The van der Waals surface area contributed by atoms with Gasteiger partial charge in [-0.15, -0.1) is 0 Å². The van der Waals surface area contributed by atoms with E-state index in [-0.39, 0.29) is 23.8 Å². The van der Waals surface area contributed by atoms with Crippen LogP contribution in [0.4, 0.5) is 18.9 Å². The van der Waals surface area contributed by atoms with Gasteiger partial charge in [0.1, 0.15) is 6.26 Å². The molecule has 1 amide bonds. The van der Waals surface area contributed by atoms with Gasteiger partial charge in [-0.25, -0.2) is 0 Å². The van der Waals surface area contributed by atoms with Crippen molar-refractivity contribution in [2.24, 2.45) is 5.92 Å². The Morgan fingerprint density at radius 2 is 1.93 bits per heavy atom. The maximum absolute atomic E-state index is 13.4. The van der Waals surface area contributed by atoms with E-state index in [1.54, 1.807) is 17.0 Å². The van der Waals surface area contributed by atoms with Crippen molar-refractivity contribution in [3.05, 3.63) is 53.5 Å². The summed E-state index contributed by atoms with van der Waals surface area (Å²) in [5.41, 5.74) is 0.797. The maximum atomic E-state index is 13.4. The maximum Gasteiger partial charge on any atom is 0.417 e. The first kappa shape index (κ1) is 21.3. The molecule has 1 saturated heterocycles. The summed E-state index contributed by atoms with van der Waals surface area (Å²) in [5.74, 6) is -0.0335. The molecule has 7 heteroatoms. The lowest BCUT2D eigenvalue weighted by Gasteiger charge is -2.44. The standard InChI is InChI=1S/C22H26F3N2O2/c1-14(2)17-9-18(22(23,24)25)11-19(10-17)26-6-7-27(20(12-26)15(3)4)21(28)16-5-8-29-13-16/h5,8,10-11,13-15,20H,6-7,12H2,1-4H3/t20-/m0/s1. The van der Waals surface area contributed by atoms with Crippen LogP contribution in [0, 0.1) is 12.0 Å². The second kappa shape index (κ2) is 8.13. The highest BCUT2D eigenvalue weighted by atomic mass is 19.4. The van der Waals surface area contributed by atoms with E-state index in [0.29, 0.717) is 36.4 Å². The topological polar surface area (TPSA) is 36.7 Å². The number of carbonyl (C=O) groups is 1. The first-order valence-electron chi connectivity index (χ1n) is 9.80. The molecule has 1 atom stereocenters. The van der Waals surface area contributed by atoms with Gasteiger partial charge in [0.05, 0.1) is 23.4 Å². The third-order valence-corrected chi connectivity index (χ3v) is 5.38. The van der Waals surface area contributed by atoms with Crippen LogP contribution >= 0.6 is 0 Å². The van der Waals surface area contributed by atoms with Gasteiger partial charge in [-0.3, -0.25) is 4.79 Å². The summed E-state index contributed by atoms with van der Waals surface area (Å²) in [4.78, 5) is 16.6. The van der Waals surface area contributed by atoms with Crippen molar-refractivity contribution in [2.45, 2.75) is 45.8 Å². The molecule has 1 aliphatic rings. The number of carbonyl (C=O) groups excluding carboxylic acids is 1. The number of alkyl halides is 3. The minimum atomic E-state index is -4.45. The molecule has 1 aromatic heterocycles. The summed E-state index contributed by atoms with van der Waals surface area (Å²) < 4.78 is 45.2. The largest absolute Gasteiger partial charge is 0.472 e. The average Bonchev–Trinajstić information content (AvgIpc) is 3.20. The Bertz CT molecular complexity index is 844. The Kier molecular flexibility index (Phi) is 5.96. The number of furan rings is 1. The summed E-state index contributed by atoms with van der Waals surface area (Å²) in [7, 11) is 0. The Morgan fingerprint density at radius 1 is 1.21 bits per heavy atom. The zero-order valence-corrected chi connectivity index (χ0v) is 17.1. The molecule has 157 valence electrons. The second-order valence-electron chi connectivity index (χ2n) is 8.13. The van der Waals surface area contributed by atoms with Crippen LogP contribution < -0.4 is 4.90 Å². The lowest BCUT2D eigenvalue weighted by Crippen LogP contribution is -2.57. The van der Waals surface area contributed by atoms with Crippen molar-refractivity contribution in [1.29, 1.82) is 0 Å². The molecule has 2 aromatic rings. The molecule has 1 radical (unpaired) electrons. The number of piperazine rings is 1. The molecule has 3 rings (SSSR count). The number of anilines is 1. The first-order chi connectivity index (χ1) is 13.6. The highest BCUT2D eigenvalue weighted by Gasteiger charge is 2.36. The molecule has 1 aliphatic heterocycles. The summed E-state index contributed by atoms with van der Waals surface area (Å²) in [5, 5.41) is 0. The van der Waals surface area contributed by atoms with Gasteiger partial charge in [0, 0.05) is 25.3 Å². The van der Waals surface area contributed by atoms with Crippen LogP contribution in [0.2, 0.25) is 0 Å². The molecule has 1 aromatic carbocycles. The predicted octanol–water partition coefficient (Wildman–Crippen LogP) is 5.21. The molecule has 2 heterocycles. The number of halogens is 3. The molecule has 0 aliphatic carbocycles. The number of amides is 1. The van der Waals surface area contributed by atoms with Crippen LogP contribution in [-0.4, -0.2) is 36.5 Å². The van der Waals surface area contributed by atoms with E-state index in [9.17, 15) is 18.0 Å². The molecule has 1 fully saturated rings. The van der Waals surface area contributed by atoms with Gasteiger partial charge in [-0.05, 0) is 41.7 Å².